The Bertz CT molecular complexity index is 1050. The van der Waals surface area contributed by atoms with Gasteiger partial charge in [0.1, 0.15) is 17.7 Å². The molecule has 1 fully saturated rings. The summed E-state index contributed by atoms with van der Waals surface area (Å²) in [4.78, 5) is 4.04. The molecule has 0 atom stereocenters. The van der Waals surface area contributed by atoms with E-state index >= 15 is 0 Å². The Labute approximate surface area is 168 Å². The van der Waals surface area contributed by atoms with Gasteiger partial charge in [0.25, 0.3) is 0 Å². The molecule has 0 unspecified atom stereocenters. The summed E-state index contributed by atoms with van der Waals surface area (Å²) in [5.41, 5.74) is 0.557. The van der Waals surface area contributed by atoms with E-state index in [9.17, 15) is 22.0 Å². The van der Waals surface area contributed by atoms with Crippen LogP contribution in [-0.2, 0) is 6.54 Å². The Morgan fingerprint density at radius 2 is 1.83 bits per heavy atom. The SMILES string of the molecule is Fc1cc(OC2CC(NCc3c(F)ccc4cnccc34)C2)ccc1OC(F)(F)F. The van der Waals surface area contributed by atoms with E-state index in [1.54, 1.807) is 24.5 Å². The predicted molar refractivity (Wildman–Crippen MR) is 99.1 cm³/mol. The van der Waals surface area contributed by atoms with Crippen LogP contribution in [0.4, 0.5) is 22.0 Å². The van der Waals surface area contributed by atoms with Crippen LogP contribution in [0.15, 0.2) is 48.8 Å². The largest absolute Gasteiger partial charge is 0.573 e. The van der Waals surface area contributed by atoms with Crippen molar-refractivity contribution in [3.8, 4) is 11.5 Å². The van der Waals surface area contributed by atoms with E-state index in [4.69, 9.17) is 4.74 Å². The number of ether oxygens (including phenoxy) is 2. The lowest BCUT2D eigenvalue weighted by Crippen LogP contribution is -2.46. The van der Waals surface area contributed by atoms with E-state index in [-0.39, 0.29) is 23.7 Å². The van der Waals surface area contributed by atoms with E-state index in [1.165, 1.54) is 12.1 Å². The van der Waals surface area contributed by atoms with Crippen molar-refractivity contribution in [2.45, 2.75) is 37.9 Å². The number of nitrogens with one attached hydrogen (secondary N) is 1. The third kappa shape index (κ3) is 4.62. The van der Waals surface area contributed by atoms with Gasteiger partial charge in [-0.3, -0.25) is 4.98 Å². The molecule has 0 bridgehead atoms. The van der Waals surface area contributed by atoms with E-state index in [0.717, 1.165) is 22.9 Å². The van der Waals surface area contributed by atoms with Crippen LogP contribution in [-0.4, -0.2) is 23.5 Å². The molecule has 4 rings (SSSR count). The summed E-state index contributed by atoms with van der Waals surface area (Å²) < 4.78 is 73.7. The molecule has 4 nitrogen and oxygen atoms in total. The van der Waals surface area contributed by atoms with Crippen molar-refractivity contribution >= 4 is 10.8 Å². The highest BCUT2D eigenvalue weighted by Gasteiger charge is 2.33. The van der Waals surface area contributed by atoms with E-state index in [2.05, 4.69) is 15.0 Å². The summed E-state index contributed by atoms with van der Waals surface area (Å²) in [6.45, 7) is 0.336. The van der Waals surface area contributed by atoms with Gasteiger partial charge < -0.3 is 14.8 Å². The van der Waals surface area contributed by atoms with Crippen molar-refractivity contribution in [2.24, 2.45) is 0 Å². The second-order valence-corrected chi connectivity index (χ2v) is 7.05. The number of pyridine rings is 1. The molecule has 158 valence electrons. The monoisotopic (exact) mass is 424 g/mol. The fourth-order valence-electron chi connectivity index (χ4n) is 3.42. The molecule has 1 aliphatic carbocycles. The van der Waals surface area contributed by atoms with Gasteiger partial charge in [0.2, 0.25) is 0 Å². The number of hydrogen-bond donors (Lipinski definition) is 1. The van der Waals surface area contributed by atoms with Crippen LogP contribution >= 0.6 is 0 Å². The first-order valence-electron chi connectivity index (χ1n) is 9.25. The van der Waals surface area contributed by atoms with E-state index in [1.807, 2.05) is 0 Å². The number of alkyl halides is 3. The van der Waals surface area contributed by atoms with Crippen LogP contribution in [0.2, 0.25) is 0 Å². The normalized spacial score (nSPS) is 18.8. The zero-order chi connectivity index (χ0) is 21.3. The molecule has 3 aromatic rings. The number of hydrogen-bond acceptors (Lipinski definition) is 4. The average Bonchev–Trinajstić information content (AvgIpc) is 2.66. The maximum atomic E-state index is 14.2. The minimum absolute atomic E-state index is 0.0872. The van der Waals surface area contributed by atoms with Crippen LogP contribution < -0.4 is 14.8 Å². The second-order valence-electron chi connectivity index (χ2n) is 7.05. The molecule has 1 heterocycles. The zero-order valence-corrected chi connectivity index (χ0v) is 15.5. The number of aromatic nitrogens is 1. The number of benzene rings is 2. The van der Waals surface area contributed by atoms with Gasteiger partial charge in [-0.15, -0.1) is 13.2 Å². The lowest BCUT2D eigenvalue weighted by Gasteiger charge is -2.36. The minimum atomic E-state index is -4.96. The summed E-state index contributed by atoms with van der Waals surface area (Å²) in [6.07, 6.45) is -0.668. The number of fused-ring (bicyclic) bond motifs is 1. The molecule has 0 spiro atoms. The van der Waals surface area contributed by atoms with Crippen molar-refractivity contribution in [2.75, 3.05) is 0 Å². The van der Waals surface area contributed by atoms with Crippen LogP contribution in [0.3, 0.4) is 0 Å². The standard InChI is InChI=1S/C21H17F5N2O2/c22-18-3-1-12-10-27-6-5-16(12)17(18)11-28-13-7-15(8-13)29-14-2-4-20(19(23)9-14)30-21(24,25)26/h1-6,9-10,13,15,28H,7-8,11H2. The van der Waals surface area contributed by atoms with E-state index in [0.29, 0.717) is 24.9 Å². The molecule has 0 radical (unpaired) electrons. The van der Waals surface area contributed by atoms with Crippen molar-refractivity contribution in [3.63, 3.8) is 0 Å². The van der Waals surface area contributed by atoms with Gasteiger partial charge in [0.05, 0.1) is 0 Å². The first-order valence-corrected chi connectivity index (χ1v) is 9.25. The maximum Gasteiger partial charge on any atom is 0.573 e. The fourth-order valence-corrected chi connectivity index (χ4v) is 3.42. The first-order chi connectivity index (χ1) is 14.3. The highest BCUT2D eigenvalue weighted by atomic mass is 19.4. The molecular weight excluding hydrogens is 407 g/mol. The molecule has 1 aliphatic rings. The summed E-state index contributed by atoms with van der Waals surface area (Å²) in [5, 5.41) is 4.92. The average molecular weight is 424 g/mol. The predicted octanol–water partition coefficient (Wildman–Crippen LogP) is 5.11. The highest BCUT2D eigenvalue weighted by Crippen LogP contribution is 2.31. The number of rotatable bonds is 6. The van der Waals surface area contributed by atoms with Crippen molar-refractivity contribution in [1.82, 2.24) is 10.3 Å². The molecule has 30 heavy (non-hydrogen) atoms. The molecule has 0 amide bonds. The van der Waals surface area contributed by atoms with Crippen molar-refractivity contribution in [3.05, 3.63) is 66.0 Å². The van der Waals surface area contributed by atoms with Crippen LogP contribution in [0.25, 0.3) is 10.8 Å². The molecular formula is C21H17F5N2O2. The Balaban J connectivity index is 1.30. The summed E-state index contributed by atoms with van der Waals surface area (Å²) in [5.74, 6) is -2.24. The molecule has 1 aromatic heterocycles. The smallest absolute Gasteiger partial charge is 0.490 e. The fraction of sp³-hybridized carbons (Fsp3) is 0.286. The zero-order valence-electron chi connectivity index (χ0n) is 15.5. The van der Waals surface area contributed by atoms with E-state index < -0.39 is 17.9 Å². The summed E-state index contributed by atoms with van der Waals surface area (Å²) in [6, 6.07) is 7.91. The van der Waals surface area contributed by atoms with Gasteiger partial charge in [0.15, 0.2) is 11.6 Å². The quantitative estimate of drug-likeness (QED) is 0.559. The van der Waals surface area contributed by atoms with Crippen LogP contribution in [0, 0.1) is 11.6 Å². The Hall–Kier alpha value is -2.94. The topological polar surface area (TPSA) is 43.4 Å². The van der Waals surface area contributed by atoms with Gasteiger partial charge in [-0.2, -0.15) is 0 Å². The second kappa shape index (κ2) is 8.06. The number of nitrogens with zero attached hydrogens (tertiary/aromatic N) is 1. The summed E-state index contributed by atoms with van der Waals surface area (Å²) in [7, 11) is 0. The molecule has 0 saturated heterocycles. The van der Waals surface area contributed by atoms with Gasteiger partial charge >= 0.3 is 6.36 Å². The van der Waals surface area contributed by atoms with Crippen molar-refractivity contribution < 1.29 is 31.4 Å². The Kier molecular flexibility index (Phi) is 5.46. The third-order valence-corrected chi connectivity index (χ3v) is 4.97. The van der Waals surface area contributed by atoms with Crippen LogP contribution in [0.1, 0.15) is 18.4 Å². The number of halogens is 5. The van der Waals surface area contributed by atoms with Crippen molar-refractivity contribution in [1.29, 1.82) is 0 Å². The van der Waals surface area contributed by atoms with Gasteiger partial charge in [-0.1, -0.05) is 0 Å². The lowest BCUT2D eigenvalue weighted by atomic mass is 9.89. The summed E-state index contributed by atoms with van der Waals surface area (Å²) >= 11 is 0. The minimum Gasteiger partial charge on any atom is -0.490 e. The Morgan fingerprint density at radius 3 is 2.57 bits per heavy atom. The highest BCUT2D eigenvalue weighted by molar-refractivity contribution is 5.84. The molecule has 9 heteroatoms. The van der Waals surface area contributed by atoms with Gasteiger partial charge in [-0.05, 0) is 48.6 Å². The molecule has 1 saturated carbocycles. The van der Waals surface area contributed by atoms with Gasteiger partial charge in [0, 0.05) is 42.0 Å². The third-order valence-electron chi connectivity index (χ3n) is 4.97. The maximum absolute atomic E-state index is 14.2. The van der Waals surface area contributed by atoms with Gasteiger partial charge in [-0.25, -0.2) is 8.78 Å². The molecule has 0 aliphatic heterocycles. The Morgan fingerprint density at radius 1 is 1.03 bits per heavy atom. The molecule has 1 N–H and O–H groups in total. The molecule has 2 aromatic carbocycles. The first kappa shape index (κ1) is 20.3. The lowest BCUT2D eigenvalue weighted by molar-refractivity contribution is -0.275. The van der Waals surface area contributed by atoms with Crippen LogP contribution in [0.5, 0.6) is 11.5 Å².